The second-order valence-electron chi connectivity index (χ2n) is 6.08. The number of carbonyl (C=O) groups is 1. The summed E-state index contributed by atoms with van der Waals surface area (Å²) >= 11 is 0. The summed E-state index contributed by atoms with van der Waals surface area (Å²) in [6.45, 7) is 3.29. The number of aliphatic hydroxyl groups is 1. The molecular formula is C15H25ClN6O5. The number of esters is 1. The van der Waals surface area contributed by atoms with Crippen molar-refractivity contribution in [3.63, 3.8) is 0 Å². The number of halogens is 1. The molecule has 0 aliphatic rings. The highest BCUT2D eigenvalue weighted by atomic mass is 35.5. The van der Waals surface area contributed by atoms with Crippen molar-refractivity contribution in [1.29, 1.82) is 0 Å². The molecule has 2 rings (SSSR count). The summed E-state index contributed by atoms with van der Waals surface area (Å²) in [5, 5.41) is 12.3. The van der Waals surface area contributed by atoms with Gasteiger partial charge in [-0.15, -0.1) is 12.4 Å². The van der Waals surface area contributed by atoms with Crippen molar-refractivity contribution in [2.24, 2.45) is 5.92 Å². The van der Waals surface area contributed by atoms with Gasteiger partial charge in [-0.05, 0) is 13.0 Å². The Balaban J connectivity index is 0.00000364. The van der Waals surface area contributed by atoms with E-state index in [1.165, 1.54) is 10.9 Å². The van der Waals surface area contributed by atoms with Crippen LogP contribution in [0.4, 0.5) is 5.95 Å². The maximum absolute atomic E-state index is 12.0. The molecule has 5 N–H and O–H groups in total. The zero-order chi connectivity index (χ0) is 19.3. The molecule has 0 bridgehead atoms. The van der Waals surface area contributed by atoms with Crippen LogP contribution < -0.4 is 16.6 Å². The number of ether oxygens (including phenoxy) is 2. The third-order valence-electron chi connectivity index (χ3n) is 3.79. The summed E-state index contributed by atoms with van der Waals surface area (Å²) in [4.78, 5) is 34.1. The fourth-order valence-corrected chi connectivity index (χ4v) is 2.39. The van der Waals surface area contributed by atoms with Gasteiger partial charge in [-0.1, -0.05) is 13.8 Å². The first-order valence-electron chi connectivity index (χ1n) is 8.14. The van der Waals surface area contributed by atoms with Crippen LogP contribution in [0, 0.1) is 5.92 Å². The number of likely N-dealkylation sites (N-methyl/N-ethyl adjacent to an activating group) is 1. The number of rotatable bonds is 9. The number of imidazole rings is 1. The highest BCUT2D eigenvalue weighted by Crippen LogP contribution is 2.08. The normalized spacial score (nSPS) is 13.4. The van der Waals surface area contributed by atoms with Gasteiger partial charge >= 0.3 is 5.97 Å². The maximum Gasteiger partial charge on any atom is 0.323 e. The predicted octanol–water partition coefficient (Wildman–Crippen LogP) is -0.754. The molecule has 0 saturated heterocycles. The van der Waals surface area contributed by atoms with E-state index in [1.807, 2.05) is 13.8 Å². The molecule has 1 unspecified atom stereocenters. The molecule has 0 spiro atoms. The van der Waals surface area contributed by atoms with Gasteiger partial charge in [0.1, 0.15) is 25.5 Å². The number of H-pyrrole nitrogens is 1. The zero-order valence-electron chi connectivity index (χ0n) is 15.3. The Morgan fingerprint density at radius 2 is 2.19 bits per heavy atom. The number of carbonyl (C=O) groups excluding carboxylic acids is 1. The molecule has 2 atom stereocenters. The first-order chi connectivity index (χ1) is 12.4. The molecule has 27 heavy (non-hydrogen) atoms. The van der Waals surface area contributed by atoms with E-state index in [-0.39, 0.29) is 55.4 Å². The van der Waals surface area contributed by atoms with Crippen LogP contribution in [-0.4, -0.2) is 63.0 Å². The lowest BCUT2D eigenvalue weighted by Gasteiger charge is -2.21. The van der Waals surface area contributed by atoms with Crippen molar-refractivity contribution in [1.82, 2.24) is 24.8 Å². The van der Waals surface area contributed by atoms with E-state index < -0.39 is 23.7 Å². The highest BCUT2D eigenvalue weighted by molar-refractivity contribution is 5.85. The quantitative estimate of drug-likeness (QED) is 0.394. The average molecular weight is 405 g/mol. The molecule has 11 nitrogen and oxygen atoms in total. The van der Waals surface area contributed by atoms with E-state index in [4.69, 9.17) is 15.2 Å². The molecule has 0 aliphatic carbocycles. The van der Waals surface area contributed by atoms with E-state index >= 15 is 0 Å². The minimum absolute atomic E-state index is 0. The van der Waals surface area contributed by atoms with Gasteiger partial charge < -0.3 is 25.6 Å². The van der Waals surface area contributed by atoms with Crippen LogP contribution in [0.3, 0.4) is 0 Å². The van der Waals surface area contributed by atoms with Gasteiger partial charge in [0.2, 0.25) is 5.95 Å². The van der Waals surface area contributed by atoms with E-state index in [1.54, 1.807) is 7.05 Å². The number of anilines is 1. The van der Waals surface area contributed by atoms with Crippen molar-refractivity contribution in [3.05, 3.63) is 16.7 Å². The van der Waals surface area contributed by atoms with Crippen LogP contribution in [0.1, 0.15) is 13.8 Å². The Kier molecular flexibility index (Phi) is 8.63. The van der Waals surface area contributed by atoms with Gasteiger partial charge in [0.25, 0.3) is 5.56 Å². The van der Waals surface area contributed by atoms with Crippen molar-refractivity contribution in [2.45, 2.75) is 32.7 Å². The Labute approximate surface area is 161 Å². The molecule has 0 aromatic carbocycles. The Morgan fingerprint density at radius 3 is 2.78 bits per heavy atom. The fraction of sp³-hybridized carbons (Fsp3) is 0.600. The monoisotopic (exact) mass is 404 g/mol. The number of nitrogens with two attached hydrogens (primary N) is 1. The number of aromatic amines is 1. The van der Waals surface area contributed by atoms with Gasteiger partial charge in [0.15, 0.2) is 11.2 Å². The second kappa shape index (κ2) is 10.2. The van der Waals surface area contributed by atoms with Crippen LogP contribution >= 0.6 is 12.4 Å². The summed E-state index contributed by atoms with van der Waals surface area (Å²) in [5.74, 6) is -0.393. The number of aromatic nitrogens is 4. The van der Waals surface area contributed by atoms with Crippen molar-refractivity contribution >= 4 is 35.5 Å². The Morgan fingerprint density at radius 1 is 1.48 bits per heavy atom. The predicted molar refractivity (Wildman–Crippen MR) is 100 cm³/mol. The standard InChI is InChI=1S/C15H24N6O5.ClH/c1-8(2)10(17-3)14(24)25-5-9(4-22)26-7-21-6-18-11-12(21)19-15(16)20-13(11)23;/h6,8-10,17,22H,4-5,7H2,1-3H3,(H3,16,19,20,23);1H/t9?,10-;/m0./s1. The number of hydrogen-bond acceptors (Lipinski definition) is 9. The van der Waals surface area contributed by atoms with Crippen molar-refractivity contribution in [2.75, 3.05) is 26.0 Å². The lowest BCUT2D eigenvalue weighted by Crippen LogP contribution is -2.41. The number of hydrogen-bond donors (Lipinski definition) is 4. The summed E-state index contributed by atoms with van der Waals surface area (Å²) < 4.78 is 12.2. The third kappa shape index (κ3) is 5.63. The topological polar surface area (TPSA) is 157 Å². The van der Waals surface area contributed by atoms with Gasteiger partial charge in [-0.2, -0.15) is 4.98 Å². The molecule has 0 amide bonds. The fourth-order valence-electron chi connectivity index (χ4n) is 2.39. The molecule has 2 aromatic rings. The smallest absolute Gasteiger partial charge is 0.323 e. The maximum atomic E-state index is 12.0. The Hall–Kier alpha value is -2.21. The lowest BCUT2D eigenvalue weighted by molar-refractivity contribution is -0.154. The number of nitrogen functional groups attached to an aromatic ring is 1. The van der Waals surface area contributed by atoms with Gasteiger partial charge in [-0.25, -0.2) is 4.98 Å². The van der Waals surface area contributed by atoms with Gasteiger partial charge in [0.05, 0.1) is 12.9 Å². The third-order valence-corrected chi connectivity index (χ3v) is 3.79. The Bertz CT molecular complexity index is 808. The first-order valence-corrected chi connectivity index (χ1v) is 8.14. The van der Waals surface area contributed by atoms with Crippen LogP contribution in [0.15, 0.2) is 11.1 Å². The minimum Gasteiger partial charge on any atom is -0.462 e. The SMILES string of the molecule is CN[C@H](C(=O)OCC(CO)OCn1cnc2c(=O)[nH]c(N)nc21)C(C)C.Cl. The minimum atomic E-state index is -0.736. The molecule has 2 aromatic heterocycles. The number of fused-ring (bicyclic) bond motifs is 1. The average Bonchev–Trinajstić information content (AvgIpc) is 2.98. The summed E-state index contributed by atoms with van der Waals surface area (Å²) in [7, 11) is 1.68. The highest BCUT2D eigenvalue weighted by Gasteiger charge is 2.23. The van der Waals surface area contributed by atoms with Crippen molar-refractivity contribution < 1.29 is 19.4 Å². The molecule has 152 valence electrons. The first kappa shape index (κ1) is 22.8. The van der Waals surface area contributed by atoms with Crippen LogP contribution in [0.2, 0.25) is 0 Å². The zero-order valence-corrected chi connectivity index (χ0v) is 16.2. The lowest BCUT2D eigenvalue weighted by atomic mass is 10.1. The summed E-state index contributed by atoms with van der Waals surface area (Å²) in [6.07, 6.45) is 0.642. The molecular weight excluding hydrogens is 380 g/mol. The molecule has 0 aliphatic heterocycles. The number of nitrogens with zero attached hydrogens (tertiary/aromatic N) is 3. The van der Waals surface area contributed by atoms with E-state index in [0.717, 1.165) is 0 Å². The van der Waals surface area contributed by atoms with E-state index in [0.29, 0.717) is 0 Å². The van der Waals surface area contributed by atoms with Crippen LogP contribution in [0.25, 0.3) is 11.2 Å². The summed E-state index contributed by atoms with van der Waals surface area (Å²) in [5.41, 5.74) is 5.46. The van der Waals surface area contributed by atoms with Gasteiger partial charge in [-0.3, -0.25) is 19.1 Å². The molecule has 2 heterocycles. The van der Waals surface area contributed by atoms with Gasteiger partial charge in [0, 0.05) is 0 Å². The molecule has 0 radical (unpaired) electrons. The van der Waals surface area contributed by atoms with Crippen LogP contribution in [-0.2, 0) is 21.0 Å². The number of nitrogens with one attached hydrogen (secondary N) is 2. The molecule has 0 saturated carbocycles. The van der Waals surface area contributed by atoms with E-state index in [9.17, 15) is 14.7 Å². The summed E-state index contributed by atoms with van der Waals surface area (Å²) in [6, 6.07) is -0.439. The van der Waals surface area contributed by atoms with Crippen LogP contribution in [0.5, 0.6) is 0 Å². The largest absolute Gasteiger partial charge is 0.462 e. The van der Waals surface area contributed by atoms with Crippen molar-refractivity contribution in [3.8, 4) is 0 Å². The number of aliphatic hydroxyl groups excluding tert-OH is 1. The molecule has 12 heteroatoms. The second-order valence-corrected chi connectivity index (χ2v) is 6.08. The van der Waals surface area contributed by atoms with E-state index in [2.05, 4.69) is 20.3 Å². The molecule has 0 fully saturated rings.